The highest BCUT2D eigenvalue weighted by Crippen LogP contribution is 2.14. The van der Waals surface area contributed by atoms with E-state index in [0.717, 1.165) is 32.5 Å². The van der Waals surface area contributed by atoms with Crippen LogP contribution in [-0.4, -0.2) is 40.1 Å². The second-order valence-electron chi connectivity index (χ2n) is 5.74. The first-order valence-electron chi connectivity index (χ1n) is 7.56. The number of hydrogen-bond acceptors (Lipinski definition) is 5. The molecular formula is C16H20N4O2. The standard InChI is InChI=1S/C16H20N4O2/c1-12-8-15(22-19-12)16(21)18-14-5-3-7-20(11-14)10-13-4-2-6-17-9-13/h2,4,6,8-9,14H,3,5,7,10-11H2,1H3,(H,18,21)/t14-/m1/s1. The highest BCUT2D eigenvalue weighted by Gasteiger charge is 2.23. The van der Waals surface area contributed by atoms with Crippen molar-refractivity contribution in [3.8, 4) is 0 Å². The van der Waals surface area contributed by atoms with Gasteiger partial charge in [0.2, 0.25) is 5.76 Å². The lowest BCUT2D eigenvalue weighted by atomic mass is 10.0. The molecule has 1 amide bonds. The van der Waals surface area contributed by atoms with Gasteiger partial charge < -0.3 is 9.84 Å². The van der Waals surface area contributed by atoms with Gasteiger partial charge in [0.25, 0.3) is 5.91 Å². The molecule has 6 heteroatoms. The van der Waals surface area contributed by atoms with Crippen LogP contribution in [0.1, 0.15) is 34.7 Å². The van der Waals surface area contributed by atoms with Crippen LogP contribution in [0.25, 0.3) is 0 Å². The SMILES string of the molecule is Cc1cc(C(=O)N[C@@H]2CCCN(Cc3cccnc3)C2)on1. The maximum atomic E-state index is 12.1. The first-order valence-corrected chi connectivity index (χ1v) is 7.56. The molecule has 2 aromatic rings. The van der Waals surface area contributed by atoms with Gasteiger partial charge in [-0.2, -0.15) is 0 Å². The molecule has 0 aromatic carbocycles. The highest BCUT2D eigenvalue weighted by atomic mass is 16.5. The number of aryl methyl sites for hydroxylation is 1. The Bertz CT molecular complexity index is 626. The van der Waals surface area contributed by atoms with Gasteiger partial charge in [-0.15, -0.1) is 0 Å². The third kappa shape index (κ3) is 3.71. The van der Waals surface area contributed by atoms with Crippen molar-refractivity contribution in [1.82, 2.24) is 20.4 Å². The summed E-state index contributed by atoms with van der Waals surface area (Å²) >= 11 is 0. The van der Waals surface area contributed by atoms with Crippen LogP contribution in [0, 0.1) is 6.92 Å². The Morgan fingerprint density at radius 2 is 2.45 bits per heavy atom. The van der Waals surface area contributed by atoms with Crippen LogP contribution in [0.3, 0.4) is 0 Å². The summed E-state index contributed by atoms with van der Waals surface area (Å²) in [6, 6.07) is 5.83. The second kappa shape index (κ2) is 6.70. The summed E-state index contributed by atoms with van der Waals surface area (Å²) in [5.41, 5.74) is 1.91. The van der Waals surface area contributed by atoms with Crippen molar-refractivity contribution < 1.29 is 9.32 Å². The Balaban J connectivity index is 1.55. The van der Waals surface area contributed by atoms with E-state index in [9.17, 15) is 4.79 Å². The number of aromatic nitrogens is 2. The molecule has 0 radical (unpaired) electrons. The number of nitrogens with one attached hydrogen (secondary N) is 1. The topological polar surface area (TPSA) is 71.3 Å². The van der Waals surface area contributed by atoms with Gasteiger partial charge in [-0.05, 0) is 37.9 Å². The Kier molecular flexibility index (Phi) is 4.48. The van der Waals surface area contributed by atoms with E-state index < -0.39 is 0 Å². The molecule has 2 aromatic heterocycles. The Morgan fingerprint density at radius 3 is 3.18 bits per heavy atom. The molecule has 116 valence electrons. The van der Waals surface area contributed by atoms with Crippen molar-refractivity contribution in [2.75, 3.05) is 13.1 Å². The summed E-state index contributed by atoms with van der Waals surface area (Å²) in [4.78, 5) is 18.6. The summed E-state index contributed by atoms with van der Waals surface area (Å²) in [7, 11) is 0. The number of likely N-dealkylation sites (tertiary alicyclic amines) is 1. The van der Waals surface area contributed by atoms with E-state index in [4.69, 9.17) is 4.52 Å². The van der Waals surface area contributed by atoms with Crippen molar-refractivity contribution in [1.29, 1.82) is 0 Å². The van der Waals surface area contributed by atoms with Crippen LogP contribution in [-0.2, 0) is 6.54 Å². The molecule has 1 fully saturated rings. The van der Waals surface area contributed by atoms with E-state index in [1.165, 1.54) is 5.56 Å². The van der Waals surface area contributed by atoms with Gasteiger partial charge in [0.15, 0.2) is 0 Å². The predicted octanol–water partition coefficient (Wildman–Crippen LogP) is 1.77. The van der Waals surface area contributed by atoms with E-state index in [1.807, 2.05) is 12.3 Å². The quantitative estimate of drug-likeness (QED) is 0.932. The summed E-state index contributed by atoms with van der Waals surface area (Å²) < 4.78 is 5.01. The molecule has 1 saturated heterocycles. The van der Waals surface area contributed by atoms with E-state index >= 15 is 0 Å². The Labute approximate surface area is 129 Å². The van der Waals surface area contributed by atoms with Crippen LogP contribution < -0.4 is 5.32 Å². The molecule has 0 unspecified atom stereocenters. The monoisotopic (exact) mass is 300 g/mol. The molecule has 3 rings (SSSR count). The van der Waals surface area contributed by atoms with E-state index in [0.29, 0.717) is 5.69 Å². The minimum atomic E-state index is -0.186. The van der Waals surface area contributed by atoms with E-state index in [1.54, 1.807) is 19.2 Å². The van der Waals surface area contributed by atoms with Gasteiger partial charge in [-0.1, -0.05) is 11.2 Å². The molecule has 1 atom stereocenters. The fourth-order valence-electron chi connectivity index (χ4n) is 2.79. The normalized spacial score (nSPS) is 19.0. The second-order valence-corrected chi connectivity index (χ2v) is 5.74. The number of carbonyl (C=O) groups excluding carboxylic acids is 1. The summed E-state index contributed by atoms with van der Waals surface area (Å²) in [6.07, 6.45) is 5.73. The van der Waals surface area contributed by atoms with E-state index in [2.05, 4.69) is 26.4 Å². The average molecular weight is 300 g/mol. The maximum absolute atomic E-state index is 12.1. The molecular weight excluding hydrogens is 280 g/mol. The van der Waals surface area contributed by atoms with Crippen LogP contribution in [0.15, 0.2) is 35.1 Å². The fraction of sp³-hybridized carbons (Fsp3) is 0.438. The minimum absolute atomic E-state index is 0.142. The molecule has 22 heavy (non-hydrogen) atoms. The Hall–Kier alpha value is -2.21. The molecule has 6 nitrogen and oxygen atoms in total. The molecule has 1 aliphatic rings. The number of nitrogens with zero attached hydrogens (tertiary/aromatic N) is 3. The predicted molar refractivity (Wildman–Crippen MR) is 81.2 cm³/mol. The number of carbonyl (C=O) groups is 1. The number of pyridine rings is 1. The maximum Gasteiger partial charge on any atom is 0.290 e. The number of hydrogen-bond donors (Lipinski definition) is 1. The van der Waals surface area contributed by atoms with Crippen molar-refractivity contribution in [2.24, 2.45) is 0 Å². The molecule has 1 aliphatic heterocycles. The smallest absolute Gasteiger partial charge is 0.290 e. The highest BCUT2D eigenvalue weighted by molar-refractivity contribution is 5.91. The summed E-state index contributed by atoms with van der Waals surface area (Å²) in [6.45, 7) is 4.55. The average Bonchev–Trinajstić information content (AvgIpc) is 2.95. The molecule has 1 N–H and O–H groups in total. The molecule has 0 aliphatic carbocycles. The first-order chi connectivity index (χ1) is 10.7. The number of rotatable bonds is 4. The fourth-order valence-corrected chi connectivity index (χ4v) is 2.79. The number of amides is 1. The first kappa shape index (κ1) is 14.7. The van der Waals surface area contributed by atoms with Crippen LogP contribution in [0.4, 0.5) is 0 Å². The molecule has 3 heterocycles. The van der Waals surface area contributed by atoms with Crippen molar-refractivity contribution in [3.05, 3.63) is 47.6 Å². The lowest BCUT2D eigenvalue weighted by Gasteiger charge is -2.32. The zero-order chi connectivity index (χ0) is 15.4. The third-order valence-corrected chi connectivity index (χ3v) is 3.82. The minimum Gasteiger partial charge on any atom is -0.351 e. The van der Waals surface area contributed by atoms with Gasteiger partial charge in [-0.3, -0.25) is 14.7 Å². The van der Waals surface area contributed by atoms with Crippen molar-refractivity contribution in [3.63, 3.8) is 0 Å². The van der Waals surface area contributed by atoms with Crippen LogP contribution in [0.5, 0.6) is 0 Å². The zero-order valence-corrected chi connectivity index (χ0v) is 12.7. The van der Waals surface area contributed by atoms with Crippen molar-refractivity contribution >= 4 is 5.91 Å². The largest absolute Gasteiger partial charge is 0.351 e. The third-order valence-electron chi connectivity index (χ3n) is 3.82. The molecule has 0 bridgehead atoms. The number of piperidine rings is 1. The summed E-state index contributed by atoms with van der Waals surface area (Å²) in [5, 5.41) is 6.78. The van der Waals surface area contributed by atoms with Gasteiger partial charge >= 0.3 is 0 Å². The Morgan fingerprint density at radius 1 is 1.55 bits per heavy atom. The summed E-state index contributed by atoms with van der Waals surface area (Å²) in [5.74, 6) is 0.0933. The van der Waals surface area contributed by atoms with Gasteiger partial charge in [0, 0.05) is 37.6 Å². The van der Waals surface area contributed by atoms with Crippen LogP contribution >= 0.6 is 0 Å². The molecule has 0 saturated carbocycles. The van der Waals surface area contributed by atoms with Gasteiger partial charge in [0.1, 0.15) is 0 Å². The lowest BCUT2D eigenvalue weighted by Crippen LogP contribution is -2.47. The molecule has 0 spiro atoms. The zero-order valence-electron chi connectivity index (χ0n) is 12.7. The van der Waals surface area contributed by atoms with E-state index in [-0.39, 0.29) is 17.7 Å². The van der Waals surface area contributed by atoms with Crippen LogP contribution in [0.2, 0.25) is 0 Å². The van der Waals surface area contributed by atoms with Crippen molar-refractivity contribution in [2.45, 2.75) is 32.4 Å². The lowest BCUT2D eigenvalue weighted by molar-refractivity contribution is 0.0864. The van der Waals surface area contributed by atoms with Gasteiger partial charge in [0.05, 0.1) is 5.69 Å². The van der Waals surface area contributed by atoms with Gasteiger partial charge in [-0.25, -0.2) is 0 Å².